The van der Waals surface area contributed by atoms with Gasteiger partial charge in [0, 0.05) is 37.3 Å². The van der Waals surface area contributed by atoms with Gasteiger partial charge in [0.15, 0.2) is 0 Å². The molecule has 0 aliphatic rings. The Labute approximate surface area is 260 Å². The van der Waals surface area contributed by atoms with Gasteiger partial charge in [-0.3, -0.25) is 9.59 Å². The van der Waals surface area contributed by atoms with Crippen molar-refractivity contribution in [1.29, 1.82) is 0 Å². The zero-order valence-electron chi connectivity index (χ0n) is 25.9. The summed E-state index contributed by atoms with van der Waals surface area (Å²) in [4.78, 5) is 30.5. The number of phenols is 1. The third-order valence-corrected chi connectivity index (χ3v) is 9.50. The molecule has 0 aliphatic heterocycles. The van der Waals surface area contributed by atoms with E-state index in [-0.39, 0.29) is 36.4 Å². The van der Waals surface area contributed by atoms with Crippen LogP contribution in [0.1, 0.15) is 73.7 Å². The van der Waals surface area contributed by atoms with E-state index in [1.54, 1.807) is 24.0 Å². The van der Waals surface area contributed by atoms with Crippen LogP contribution in [0, 0.1) is 0 Å². The van der Waals surface area contributed by atoms with E-state index in [0.29, 0.717) is 31.5 Å². The van der Waals surface area contributed by atoms with E-state index in [4.69, 9.17) is 5.14 Å². The van der Waals surface area contributed by atoms with Crippen molar-refractivity contribution in [3.05, 3.63) is 59.2 Å². The number of aliphatic hydroxyl groups is 1. The van der Waals surface area contributed by atoms with Crippen LogP contribution in [0.25, 0.3) is 0 Å². The van der Waals surface area contributed by atoms with Crippen molar-refractivity contribution in [1.82, 2.24) is 20.1 Å². The van der Waals surface area contributed by atoms with Gasteiger partial charge in [-0.15, -0.1) is 4.83 Å². The number of nitrogens with zero attached hydrogens (tertiary/aromatic N) is 2. The predicted molar refractivity (Wildman–Crippen MR) is 168 cm³/mol. The molecule has 0 fully saturated rings. The van der Waals surface area contributed by atoms with Crippen LogP contribution in [0.3, 0.4) is 0 Å². The molecule has 0 aliphatic carbocycles. The minimum atomic E-state index is -4.30. The van der Waals surface area contributed by atoms with Crippen molar-refractivity contribution in [3.8, 4) is 5.75 Å². The molecule has 6 N–H and O–H groups in total. The van der Waals surface area contributed by atoms with E-state index in [9.17, 15) is 36.6 Å². The largest absolute Gasteiger partial charge is 0.508 e. The summed E-state index contributed by atoms with van der Waals surface area (Å²) < 4.78 is 49.5. The molecule has 2 unspecified atom stereocenters. The van der Waals surface area contributed by atoms with Crippen LogP contribution in [-0.2, 0) is 26.5 Å². The van der Waals surface area contributed by atoms with E-state index in [0.717, 1.165) is 12.1 Å². The van der Waals surface area contributed by atoms with E-state index >= 15 is 0 Å². The van der Waals surface area contributed by atoms with Crippen LogP contribution in [-0.4, -0.2) is 92.3 Å². The Morgan fingerprint density at radius 2 is 1.50 bits per heavy atom. The first-order chi connectivity index (χ1) is 20.5. The standard InChI is InChI=1S/C29H45N5O8S2/c1-6-13-33(14-7-2)29(38)23-16-22(17-25(18-23)43(30,39)40)28(37)31-26(15-21-9-11-24(35)12-10-21)27(36)19-34(8-3)32-44(41,42)20(4)5/h9-12,16-18,20,26-27,32,35-36H,6-8,13-15,19H2,1-5H3,(H,31,37)(H2,30,39,40). The van der Waals surface area contributed by atoms with Crippen molar-refractivity contribution >= 4 is 31.9 Å². The van der Waals surface area contributed by atoms with Crippen LogP contribution < -0.4 is 15.3 Å². The number of rotatable bonds is 17. The number of nitrogens with two attached hydrogens (primary N) is 1. The van der Waals surface area contributed by atoms with Crippen molar-refractivity contribution in [3.63, 3.8) is 0 Å². The highest BCUT2D eigenvalue weighted by Gasteiger charge is 2.28. The molecule has 2 aromatic carbocycles. The summed E-state index contributed by atoms with van der Waals surface area (Å²) in [5, 5.41) is 29.6. The van der Waals surface area contributed by atoms with E-state index < -0.39 is 54.2 Å². The quantitative estimate of drug-likeness (QED) is 0.157. The van der Waals surface area contributed by atoms with Crippen molar-refractivity contribution in [2.75, 3.05) is 26.2 Å². The van der Waals surface area contributed by atoms with Crippen LogP contribution in [0.4, 0.5) is 0 Å². The molecule has 0 radical (unpaired) electrons. The Balaban J connectivity index is 2.49. The number of benzene rings is 2. The number of aliphatic hydroxyl groups excluding tert-OH is 1. The molecule has 15 heteroatoms. The van der Waals surface area contributed by atoms with Crippen LogP contribution in [0.5, 0.6) is 5.75 Å². The second-order valence-corrected chi connectivity index (χ2v) is 14.6. The Bertz CT molecular complexity index is 1480. The maximum Gasteiger partial charge on any atom is 0.253 e. The lowest BCUT2D eigenvalue weighted by Crippen LogP contribution is -2.54. The number of likely N-dealkylation sites (N-methyl/N-ethyl adjacent to an activating group) is 1. The number of nitrogens with one attached hydrogen (secondary N) is 2. The molecule has 0 saturated heterocycles. The molecule has 0 spiro atoms. The number of phenolic OH excluding ortho intramolecular Hbond substituents is 1. The maximum atomic E-state index is 13.6. The fourth-order valence-corrected chi connectivity index (χ4v) is 5.70. The van der Waals surface area contributed by atoms with Crippen LogP contribution >= 0.6 is 0 Å². The average Bonchev–Trinajstić information content (AvgIpc) is 2.96. The van der Waals surface area contributed by atoms with Gasteiger partial charge in [0.2, 0.25) is 20.0 Å². The Hall–Kier alpha value is -3.08. The number of carbonyl (C=O) groups excluding carboxylic acids is 2. The first-order valence-electron chi connectivity index (χ1n) is 14.5. The smallest absolute Gasteiger partial charge is 0.253 e. The summed E-state index contributed by atoms with van der Waals surface area (Å²) in [6.45, 7) is 9.40. The first-order valence-corrected chi connectivity index (χ1v) is 17.6. The molecule has 13 nitrogen and oxygen atoms in total. The minimum Gasteiger partial charge on any atom is -0.508 e. The zero-order chi connectivity index (χ0) is 33.2. The van der Waals surface area contributed by atoms with E-state index in [1.165, 1.54) is 37.1 Å². The fourth-order valence-electron chi connectivity index (χ4n) is 4.35. The van der Waals surface area contributed by atoms with Gasteiger partial charge in [0.05, 0.1) is 22.3 Å². The SMILES string of the molecule is CCCN(CCC)C(=O)c1cc(C(=O)NC(Cc2ccc(O)cc2)C(O)CN(CC)NS(=O)(=O)C(C)C)cc(S(N)(=O)=O)c1. The lowest BCUT2D eigenvalue weighted by molar-refractivity contribution is 0.0634. The highest BCUT2D eigenvalue weighted by Crippen LogP contribution is 2.19. The van der Waals surface area contributed by atoms with E-state index in [1.807, 2.05) is 13.8 Å². The monoisotopic (exact) mass is 655 g/mol. The number of hydrazine groups is 1. The summed E-state index contributed by atoms with van der Waals surface area (Å²) in [5.74, 6) is -1.21. The number of hydrogen-bond donors (Lipinski definition) is 5. The molecule has 2 atom stereocenters. The number of sulfonamides is 2. The van der Waals surface area contributed by atoms with E-state index in [2.05, 4.69) is 10.1 Å². The van der Waals surface area contributed by atoms with Gasteiger partial charge in [0.1, 0.15) is 5.75 Å². The van der Waals surface area contributed by atoms with Crippen molar-refractivity contribution in [2.45, 2.75) is 76.2 Å². The number of amides is 2. The third kappa shape index (κ3) is 10.8. The second-order valence-electron chi connectivity index (χ2n) is 10.8. The third-order valence-electron chi connectivity index (χ3n) is 6.86. The van der Waals surface area contributed by atoms with Gasteiger partial charge in [0.25, 0.3) is 11.8 Å². The normalized spacial score (nSPS) is 13.6. The topological polar surface area (TPSA) is 199 Å². The molecule has 2 aromatic rings. The van der Waals surface area contributed by atoms with Gasteiger partial charge in [-0.2, -0.15) is 0 Å². The second kappa shape index (κ2) is 16.3. The fraction of sp³-hybridized carbons (Fsp3) is 0.517. The summed E-state index contributed by atoms with van der Waals surface area (Å²) in [6, 6.07) is 8.58. The predicted octanol–water partition coefficient (Wildman–Crippen LogP) is 1.57. The zero-order valence-corrected chi connectivity index (χ0v) is 27.5. The molecule has 2 amide bonds. The van der Waals surface area contributed by atoms with Gasteiger partial charge in [-0.1, -0.05) is 32.9 Å². The van der Waals surface area contributed by atoms with Gasteiger partial charge >= 0.3 is 0 Å². The van der Waals surface area contributed by atoms with Crippen molar-refractivity contribution < 1.29 is 36.6 Å². The first kappa shape index (κ1) is 37.1. The lowest BCUT2D eigenvalue weighted by Gasteiger charge is -2.30. The number of aromatic hydroxyl groups is 1. The lowest BCUT2D eigenvalue weighted by atomic mass is 10.00. The maximum absolute atomic E-state index is 13.6. The molecule has 0 bridgehead atoms. The summed E-state index contributed by atoms with van der Waals surface area (Å²) in [7, 11) is -8.01. The van der Waals surface area contributed by atoms with Gasteiger partial charge in [-0.05, 0) is 69.0 Å². The van der Waals surface area contributed by atoms with Crippen LogP contribution in [0.15, 0.2) is 47.4 Å². The molecule has 44 heavy (non-hydrogen) atoms. The van der Waals surface area contributed by atoms with Crippen molar-refractivity contribution in [2.24, 2.45) is 5.14 Å². The average molecular weight is 656 g/mol. The summed E-state index contributed by atoms with van der Waals surface area (Å²) in [5.41, 5.74) is 0.449. The minimum absolute atomic E-state index is 0.0207. The molecule has 2 rings (SSSR count). The molecular formula is C29H45N5O8S2. The summed E-state index contributed by atoms with van der Waals surface area (Å²) in [6.07, 6.45) is 0.109. The van der Waals surface area contributed by atoms with Crippen LogP contribution in [0.2, 0.25) is 0 Å². The Morgan fingerprint density at radius 3 is 2.00 bits per heavy atom. The highest BCUT2D eigenvalue weighted by molar-refractivity contribution is 7.90. The molecule has 0 aromatic heterocycles. The highest BCUT2D eigenvalue weighted by atomic mass is 32.2. The number of hydrogen-bond acceptors (Lipinski definition) is 9. The Morgan fingerprint density at radius 1 is 0.932 bits per heavy atom. The Kier molecular flexibility index (Phi) is 13.7. The number of carbonyl (C=O) groups is 2. The molecule has 0 heterocycles. The number of primary sulfonamides is 1. The van der Waals surface area contributed by atoms with Gasteiger partial charge in [-0.25, -0.2) is 27.0 Å². The summed E-state index contributed by atoms with van der Waals surface area (Å²) >= 11 is 0. The molecule has 0 saturated carbocycles. The molecular weight excluding hydrogens is 610 g/mol. The van der Waals surface area contributed by atoms with Gasteiger partial charge < -0.3 is 20.4 Å². The molecule has 246 valence electrons.